The summed E-state index contributed by atoms with van der Waals surface area (Å²) in [5.74, 6) is -0.304. The van der Waals surface area contributed by atoms with Crippen LogP contribution in [-0.4, -0.2) is 48.2 Å². The molecule has 0 radical (unpaired) electrons. The van der Waals surface area contributed by atoms with E-state index in [1.54, 1.807) is 4.90 Å². The Labute approximate surface area is 166 Å². The van der Waals surface area contributed by atoms with Crippen LogP contribution in [0.4, 0.5) is 0 Å². The van der Waals surface area contributed by atoms with Gasteiger partial charge in [-0.05, 0) is 6.42 Å². The second kappa shape index (κ2) is 19.7. The summed E-state index contributed by atoms with van der Waals surface area (Å²) in [5, 5.41) is 9.08. The average molecular weight is 386 g/mol. The molecule has 0 spiro atoms. The van der Waals surface area contributed by atoms with Gasteiger partial charge < -0.3 is 14.7 Å². The van der Waals surface area contributed by atoms with Crippen molar-refractivity contribution in [1.82, 2.24) is 4.90 Å². The standard InChI is InChI=1S/C22H43NO4/c1-3-4-5-6-7-8-9-10-11-12-13-14-15-16-22(26)23(17-19-24)18-20-27-21(2)25/h24H,3-20H2,1-2H3. The maximum Gasteiger partial charge on any atom is 0.302 e. The summed E-state index contributed by atoms with van der Waals surface area (Å²) < 4.78 is 4.88. The highest BCUT2D eigenvalue weighted by Crippen LogP contribution is 2.13. The van der Waals surface area contributed by atoms with E-state index >= 15 is 0 Å². The molecule has 160 valence electrons. The summed E-state index contributed by atoms with van der Waals surface area (Å²) in [7, 11) is 0. The number of carbonyl (C=O) groups is 2. The predicted octanol–water partition coefficient (Wildman–Crippen LogP) is 4.85. The highest BCUT2D eigenvalue weighted by Gasteiger charge is 2.12. The van der Waals surface area contributed by atoms with E-state index in [0.29, 0.717) is 19.5 Å². The minimum Gasteiger partial charge on any atom is -0.464 e. The molecule has 1 N–H and O–H groups in total. The van der Waals surface area contributed by atoms with Crippen LogP contribution < -0.4 is 0 Å². The first-order valence-corrected chi connectivity index (χ1v) is 11.1. The lowest BCUT2D eigenvalue weighted by molar-refractivity contribution is -0.143. The first-order valence-electron chi connectivity index (χ1n) is 11.1. The number of hydrogen-bond donors (Lipinski definition) is 1. The highest BCUT2D eigenvalue weighted by molar-refractivity contribution is 5.76. The molecule has 5 heteroatoms. The Bertz CT molecular complexity index is 360. The second-order valence-corrected chi connectivity index (χ2v) is 7.44. The molecule has 0 aliphatic rings. The summed E-state index contributed by atoms with van der Waals surface area (Å²) in [4.78, 5) is 24.6. The Balaban J connectivity index is 3.52. The van der Waals surface area contributed by atoms with Crippen LogP contribution in [0.15, 0.2) is 0 Å². The third-order valence-electron chi connectivity index (χ3n) is 4.88. The van der Waals surface area contributed by atoms with E-state index in [0.717, 1.165) is 12.8 Å². The number of aliphatic hydroxyl groups is 1. The lowest BCUT2D eigenvalue weighted by atomic mass is 10.0. The molecule has 0 aromatic carbocycles. The van der Waals surface area contributed by atoms with Crippen molar-refractivity contribution in [2.75, 3.05) is 26.3 Å². The van der Waals surface area contributed by atoms with Crippen LogP contribution in [0.25, 0.3) is 0 Å². The van der Waals surface area contributed by atoms with Gasteiger partial charge in [0, 0.05) is 19.9 Å². The number of hydrogen-bond acceptors (Lipinski definition) is 4. The van der Waals surface area contributed by atoms with E-state index in [9.17, 15) is 9.59 Å². The van der Waals surface area contributed by atoms with Gasteiger partial charge in [0.05, 0.1) is 13.2 Å². The third kappa shape index (κ3) is 18.0. The molecule has 1 amide bonds. The van der Waals surface area contributed by atoms with Gasteiger partial charge in [0.1, 0.15) is 6.61 Å². The van der Waals surface area contributed by atoms with Crippen molar-refractivity contribution < 1.29 is 19.4 Å². The van der Waals surface area contributed by atoms with Gasteiger partial charge in [-0.15, -0.1) is 0 Å². The number of carbonyl (C=O) groups excluding carboxylic acids is 2. The molecule has 0 unspecified atom stereocenters. The molecule has 27 heavy (non-hydrogen) atoms. The first kappa shape index (κ1) is 25.9. The summed E-state index contributed by atoms with van der Waals surface area (Å²) >= 11 is 0. The lowest BCUT2D eigenvalue weighted by Crippen LogP contribution is -2.36. The molecule has 0 aromatic rings. The molecule has 0 saturated carbocycles. The van der Waals surface area contributed by atoms with Crippen LogP contribution in [0.1, 0.15) is 104 Å². The molecule has 0 aliphatic carbocycles. The topological polar surface area (TPSA) is 66.8 Å². The minimum absolute atomic E-state index is 0.0410. The van der Waals surface area contributed by atoms with Gasteiger partial charge in [-0.3, -0.25) is 9.59 Å². The zero-order valence-electron chi connectivity index (χ0n) is 17.8. The highest BCUT2D eigenvalue weighted by atomic mass is 16.5. The molecule has 0 rings (SSSR count). The van der Waals surface area contributed by atoms with Crippen LogP contribution in [0.5, 0.6) is 0 Å². The lowest BCUT2D eigenvalue weighted by Gasteiger charge is -2.21. The van der Waals surface area contributed by atoms with Gasteiger partial charge in [0.25, 0.3) is 0 Å². The zero-order valence-corrected chi connectivity index (χ0v) is 17.8. The van der Waals surface area contributed by atoms with Gasteiger partial charge in [-0.1, -0.05) is 84.0 Å². The normalized spacial score (nSPS) is 10.8. The van der Waals surface area contributed by atoms with E-state index < -0.39 is 0 Å². The molecular formula is C22H43NO4. The van der Waals surface area contributed by atoms with Gasteiger partial charge in [-0.25, -0.2) is 0 Å². The number of aliphatic hydroxyl groups excluding tert-OH is 1. The summed E-state index contributed by atoms with van der Waals surface area (Å²) in [6.45, 7) is 4.40. The molecule has 0 fully saturated rings. The van der Waals surface area contributed by atoms with Crippen molar-refractivity contribution in [2.45, 2.75) is 104 Å². The van der Waals surface area contributed by atoms with E-state index in [2.05, 4.69) is 6.92 Å². The molecule has 0 aromatic heterocycles. The Kier molecular flexibility index (Phi) is 18.9. The predicted molar refractivity (Wildman–Crippen MR) is 111 cm³/mol. The quantitative estimate of drug-likeness (QED) is 0.255. The van der Waals surface area contributed by atoms with Crippen molar-refractivity contribution in [1.29, 1.82) is 0 Å². The molecule has 0 aliphatic heterocycles. The van der Waals surface area contributed by atoms with Gasteiger partial charge in [0.2, 0.25) is 5.91 Å². The fourth-order valence-electron chi connectivity index (χ4n) is 3.23. The monoisotopic (exact) mass is 385 g/mol. The van der Waals surface area contributed by atoms with Gasteiger partial charge in [0.15, 0.2) is 0 Å². The Morgan fingerprint density at radius 1 is 0.778 bits per heavy atom. The fourth-order valence-corrected chi connectivity index (χ4v) is 3.23. The summed E-state index contributed by atoms with van der Waals surface area (Å²) in [6, 6.07) is 0. The molecular weight excluding hydrogens is 342 g/mol. The third-order valence-corrected chi connectivity index (χ3v) is 4.88. The van der Waals surface area contributed by atoms with E-state index in [1.807, 2.05) is 0 Å². The van der Waals surface area contributed by atoms with E-state index in [-0.39, 0.29) is 25.1 Å². The Morgan fingerprint density at radius 3 is 1.70 bits per heavy atom. The zero-order chi connectivity index (χ0) is 20.2. The number of esters is 1. The Morgan fingerprint density at radius 2 is 1.26 bits per heavy atom. The first-order chi connectivity index (χ1) is 13.1. The van der Waals surface area contributed by atoms with Gasteiger partial charge in [-0.2, -0.15) is 0 Å². The maximum atomic E-state index is 12.2. The molecule has 0 saturated heterocycles. The van der Waals surface area contributed by atoms with Crippen LogP contribution >= 0.6 is 0 Å². The van der Waals surface area contributed by atoms with Gasteiger partial charge >= 0.3 is 5.97 Å². The van der Waals surface area contributed by atoms with Crippen LogP contribution in [0, 0.1) is 0 Å². The van der Waals surface area contributed by atoms with Crippen molar-refractivity contribution in [3.8, 4) is 0 Å². The smallest absolute Gasteiger partial charge is 0.302 e. The number of ether oxygens (including phenoxy) is 1. The largest absolute Gasteiger partial charge is 0.464 e. The fraction of sp³-hybridized carbons (Fsp3) is 0.909. The number of amides is 1. The Hall–Kier alpha value is -1.10. The van der Waals surface area contributed by atoms with Crippen molar-refractivity contribution >= 4 is 11.9 Å². The van der Waals surface area contributed by atoms with E-state index in [1.165, 1.54) is 77.6 Å². The molecule has 0 atom stereocenters. The number of nitrogens with zero attached hydrogens (tertiary/aromatic N) is 1. The number of unbranched alkanes of at least 4 members (excludes halogenated alkanes) is 12. The van der Waals surface area contributed by atoms with Crippen molar-refractivity contribution in [3.63, 3.8) is 0 Å². The summed E-state index contributed by atoms with van der Waals surface area (Å²) in [5.41, 5.74) is 0. The number of rotatable bonds is 19. The molecule has 5 nitrogen and oxygen atoms in total. The maximum absolute atomic E-state index is 12.2. The minimum atomic E-state index is -0.345. The second-order valence-electron chi connectivity index (χ2n) is 7.44. The average Bonchev–Trinajstić information content (AvgIpc) is 2.64. The van der Waals surface area contributed by atoms with E-state index in [4.69, 9.17) is 9.84 Å². The van der Waals surface area contributed by atoms with Crippen LogP contribution in [0.3, 0.4) is 0 Å². The van der Waals surface area contributed by atoms with Crippen LogP contribution in [0.2, 0.25) is 0 Å². The molecule has 0 bridgehead atoms. The SMILES string of the molecule is CCCCCCCCCCCCCCCC(=O)N(CCO)CCOC(C)=O. The summed E-state index contributed by atoms with van der Waals surface area (Å²) in [6.07, 6.45) is 17.2. The molecule has 0 heterocycles. The van der Waals surface area contributed by atoms with Crippen LogP contribution in [-0.2, 0) is 14.3 Å². The van der Waals surface area contributed by atoms with Crippen molar-refractivity contribution in [3.05, 3.63) is 0 Å². The van der Waals surface area contributed by atoms with Crippen molar-refractivity contribution in [2.24, 2.45) is 0 Å².